The van der Waals surface area contributed by atoms with Gasteiger partial charge in [0, 0.05) is 19.4 Å². The van der Waals surface area contributed by atoms with E-state index in [0.29, 0.717) is 25.3 Å². The molecule has 0 saturated carbocycles. The Labute approximate surface area is 103 Å². The number of allylic oxidation sites excluding steroid dienone is 2. The Hall–Kier alpha value is -1.12. The molecule has 1 aliphatic heterocycles. The van der Waals surface area contributed by atoms with Crippen LogP contribution in [0.5, 0.6) is 0 Å². The molecule has 1 atom stereocenters. The average molecular weight is 235 g/mol. The van der Waals surface area contributed by atoms with Crippen LogP contribution in [0.15, 0.2) is 11.1 Å². The summed E-state index contributed by atoms with van der Waals surface area (Å²) in [5.41, 5.74) is 2.93. The summed E-state index contributed by atoms with van der Waals surface area (Å²) >= 11 is 0. The second kappa shape index (κ2) is 5.03. The molecule has 1 aliphatic carbocycles. The van der Waals surface area contributed by atoms with Crippen molar-refractivity contribution in [2.75, 3.05) is 6.54 Å². The number of hydrogen-bond donors (Lipinski definition) is 0. The number of rotatable bonds is 2. The van der Waals surface area contributed by atoms with Crippen molar-refractivity contribution in [2.45, 2.75) is 52.4 Å². The normalized spacial score (nSPS) is 26.7. The van der Waals surface area contributed by atoms with Gasteiger partial charge in [-0.3, -0.25) is 14.5 Å². The highest BCUT2D eigenvalue weighted by Crippen LogP contribution is 2.30. The number of nitrogens with zero attached hydrogens (tertiary/aromatic N) is 1. The molecule has 0 radical (unpaired) electrons. The standard InChI is InChI=1S/C14H21NO2/c1-10-6-7-12(8-11(10)2)9-15-13(16)4-3-5-14(15)17/h12H,3-9H2,1-2H3/t12-/m0/s1. The molecule has 0 bridgehead atoms. The minimum Gasteiger partial charge on any atom is -0.282 e. The van der Waals surface area contributed by atoms with Crippen LogP contribution in [0.3, 0.4) is 0 Å². The van der Waals surface area contributed by atoms with Crippen molar-refractivity contribution < 1.29 is 9.59 Å². The lowest BCUT2D eigenvalue weighted by Gasteiger charge is -2.31. The monoisotopic (exact) mass is 235 g/mol. The molecular weight excluding hydrogens is 214 g/mol. The van der Waals surface area contributed by atoms with Crippen LogP contribution in [0.25, 0.3) is 0 Å². The number of hydrogen-bond acceptors (Lipinski definition) is 2. The summed E-state index contributed by atoms with van der Waals surface area (Å²) in [7, 11) is 0. The highest BCUT2D eigenvalue weighted by molar-refractivity contribution is 5.97. The molecule has 2 aliphatic rings. The van der Waals surface area contributed by atoms with Gasteiger partial charge in [0.25, 0.3) is 0 Å². The van der Waals surface area contributed by atoms with Crippen LogP contribution >= 0.6 is 0 Å². The molecule has 1 saturated heterocycles. The third kappa shape index (κ3) is 2.76. The van der Waals surface area contributed by atoms with Gasteiger partial charge in [-0.2, -0.15) is 0 Å². The Balaban J connectivity index is 1.97. The number of carbonyl (C=O) groups excluding carboxylic acids is 2. The van der Waals surface area contributed by atoms with E-state index in [2.05, 4.69) is 13.8 Å². The van der Waals surface area contributed by atoms with Gasteiger partial charge in [-0.25, -0.2) is 0 Å². The predicted octanol–water partition coefficient (Wildman–Crippen LogP) is 2.66. The van der Waals surface area contributed by atoms with Crippen LogP contribution < -0.4 is 0 Å². The summed E-state index contributed by atoms with van der Waals surface area (Å²) < 4.78 is 0. The van der Waals surface area contributed by atoms with Crippen molar-refractivity contribution in [1.82, 2.24) is 4.90 Å². The predicted molar refractivity (Wildman–Crippen MR) is 66.3 cm³/mol. The van der Waals surface area contributed by atoms with E-state index in [0.717, 1.165) is 25.7 Å². The maximum absolute atomic E-state index is 11.7. The zero-order chi connectivity index (χ0) is 12.4. The number of carbonyl (C=O) groups is 2. The molecule has 1 heterocycles. The smallest absolute Gasteiger partial charge is 0.229 e. The van der Waals surface area contributed by atoms with Crippen molar-refractivity contribution in [3.8, 4) is 0 Å². The first-order chi connectivity index (χ1) is 8.08. The fourth-order valence-electron chi connectivity index (χ4n) is 2.76. The van der Waals surface area contributed by atoms with Crippen LogP contribution in [0.1, 0.15) is 52.4 Å². The van der Waals surface area contributed by atoms with Crippen molar-refractivity contribution in [2.24, 2.45) is 5.92 Å². The molecule has 0 N–H and O–H groups in total. The zero-order valence-electron chi connectivity index (χ0n) is 10.8. The van der Waals surface area contributed by atoms with Gasteiger partial charge in [0.1, 0.15) is 0 Å². The van der Waals surface area contributed by atoms with Gasteiger partial charge >= 0.3 is 0 Å². The number of piperidine rings is 1. The van der Waals surface area contributed by atoms with E-state index in [1.807, 2.05) is 0 Å². The molecule has 17 heavy (non-hydrogen) atoms. The summed E-state index contributed by atoms with van der Waals surface area (Å²) in [6.07, 6.45) is 5.10. The van der Waals surface area contributed by atoms with Gasteiger partial charge in [0.05, 0.1) is 0 Å². The molecule has 3 heteroatoms. The highest BCUT2D eigenvalue weighted by atomic mass is 16.2. The quantitative estimate of drug-likeness (QED) is 0.545. The second-order valence-electron chi connectivity index (χ2n) is 5.42. The summed E-state index contributed by atoms with van der Waals surface area (Å²) in [5, 5.41) is 0. The molecule has 0 aromatic rings. The Bertz CT molecular complexity index is 354. The maximum Gasteiger partial charge on any atom is 0.229 e. The second-order valence-corrected chi connectivity index (χ2v) is 5.42. The highest BCUT2D eigenvalue weighted by Gasteiger charge is 2.29. The number of likely N-dealkylation sites (tertiary alicyclic amines) is 1. The van der Waals surface area contributed by atoms with Gasteiger partial charge in [0.2, 0.25) is 11.8 Å². The van der Waals surface area contributed by atoms with Gasteiger partial charge in [-0.05, 0) is 45.4 Å². The summed E-state index contributed by atoms with van der Waals surface area (Å²) in [4.78, 5) is 24.9. The lowest BCUT2D eigenvalue weighted by Crippen LogP contribution is -2.43. The average Bonchev–Trinajstić information content (AvgIpc) is 2.28. The summed E-state index contributed by atoms with van der Waals surface area (Å²) in [6.45, 7) is 4.99. The van der Waals surface area contributed by atoms with Gasteiger partial charge in [0.15, 0.2) is 0 Å². The lowest BCUT2D eigenvalue weighted by atomic mass is 9.84. The van der Waals surface area contributed by atoms with Crippen LogP contribution in [-0.4, -0.2) is 23.3 Å². The van der Waals surface area contributed by atoms with Crippen LogP contribution in [0.4, 0.5) is 0 Å². The van der Waals surface area contributed by atoms with E-state index in [-0.39, 0.29) is 11.8 Å². The molecular formula is C14H21NO2. The van der Waals surface area contributed by atoms with Crippen molar-refractivity contribution >= 4 is 11.8 Å². The Morgan fingerprint density at radius 2 is 1.71 bits per heavy atom. The Morgan fingerprint density at radius 3 is 2.29 bits per heavy atom. The fourth-order valence-corrected chi connectivity index (χ4v) is 2.76. The molecule has 94 valence electrons. The maximum atomic E-state index is 11.7. The Kier molecular flexibility index (Phi) is 3.65. The van der Waals surface area contributed by atoms with E-state index < -0.39 is 0 Å². The zero-order valence-corrected chi connectivity index (χ0v) is 10.8. The van der Waals surface area contributed by atoms with Crippen molar-refractivity contribution in [1.29, 1.82) is 0 Å². The van der Waals surface area contributed by atoms with E-state index >= 15 is 0 Å². The number of imide groups is 1. The van der Waals surface area contributed by atoms with E-state index in [1.165, 1.54) is 16.0 Å². The molecule has 1 fully saturated rings. The third-order valence-electron chi connectivity index (χ3n) is 4.08. The van der Waals surface area contributed by atoms with E-state index in [9.17, 15) is 9.59 Å². The molecule has 0 aromatic carbocycles. The first-order valence-corrected chi connectivity index (χ1v) is 6.56. The minimum atomic E-state index is 0.0326. The topological polar surface area (TPSA) is 37.4 Å². The lowest BCUT2D eigenvalue weighted by molar-refractivity contribution is -0.148. The van der Waals surface area contributed by atoms with Crippen LogP contribution in [0.2, 0.25) is 0 Å². The first kappa shape index (κ1) is 12.3. The third-order valence-corrected chi connectivity index (χ3v) is 4.08. The minimum absolute atomic E-state index is 0.0326. The molecule has 3 nitrogen and oxygen atoms in total. The molecule has 0 aromatic heterocycles. The summed E-state index contributed by atoms with van der Waals surface area (Å²) in [6, 6.07) is 0. The van der Waals surface area contributed by atoms with Crippen LogP contribution in [-0.2, 0) is 9.59 Å². The van der Waals surface area contributed by atoms with E-state index in [4.69, 9.17) is 0 Å². The molecule has 0 spiro atoms. The van der Waals surface area contributed by atoms with Gasteiger partial charge in [-0.15, -0.1) is 0 Å². The van der Waals surface area contributed by atoms with Crippen molar-refractivity contribution in [3.05, 3.63) is 11.1 Å². The number of amides is 2. The Morgan fingerprint density at radius 1 is 1.06 bits per heavy atom. The fraction of sp³-hybridized carbons (Fsp3) is 0.714. The van der Waals surface area contributed by atoms with Gasteiger partial charge < -0.3 is 0 Å². The molecule has 2 rings (SSSR count). The molecule has 0 unspecified atom stereocenters. The first-order valence-electron chi connectivity index (χ1n) is 6.56. The summed E-state index contributed by atoms with van der Waals surface area (Å²) in [5.74, 6) is 0.542. The molecule has 2 amide bonds. The SMILES string of the molecule is CC1=C(C)C[C@@H](CN2C(=O)CCCC2=O)CC1. The van der Waals surface area contributed by atoms with Crippen LogP contribution in [0, 0.1) is 5.92 Å². The van der Waals surface area contributed by atoms with E-state index in [1.54, 1.807) is 0 Å². The van der Waals surface area contributed by atoms with Crippen molar-refractivity contribution in [3.63, 3.8) is 0 Å². The largest absolute Gasteiger partial charge is 0.282 e. The van der Waals surface area contributed by atoms with Gasteiger partial charge in [-0.1, -0.05) is 11.1 Å².